The van der Waals surface area contributed by atoms with Crippen molar-refractivity contribution in [1.29, 1.82) is 0 Å². The van der Waals surface area contributed by atoms with Crippen LogP contribution in [0, 0.1) is 5.82 Å². The molecule has 10 heteroatoms. The minimum atomic E-state index is -4.66. The van der Waals surface area contributed by atoms with Crippen LogP contribution in [-0.2, 0) is 17.5 Å². The average Bonchev–Trinajstić information content (AvgIpc) is 2.91. The van der Waals surface area contributed by atoms with Gasteiger partial charge in [0.2, 0.25) is 0 Å². The van der Waals surface area contributed by atoms with Crippen molar-refractivity contribution < 1.29 is 27.1 Å². The molecule has 2 amide bonds. The highest BCUT2D eigenvalue weighted by Gasteiger charge is 2.31. The molecule has 0 unspecified atom stereocenters. The van der Waals surface area contributed by atoms with Gasteiger partial charge in [-0.1, -0.05) is 36.4 Å². The zero-order chi connectivity index (χ0) is 26.7. The number of aromatic nitrogens is 1. The molecule has 1 aliphatic rings. The second kappa shape index (κ2) is 10.8. The van der Waals surface area contributed by atoms with Crippen LogP contribution < -0.4 is 10.6 Å². The summed E-state index contributed by atoms with van der Waals surface area (Å²) >= 11 is 0. The van der Waals surface area contributed by atoms with Gasteiger partial charge in [-0.3, -0.25) is 9.88 Å². The van der Waals surface area contributed by atoms with Crippen LogP contribution >= 0.6 is 0 Å². The lowest BCUT2D eigenvalue weighted by Gasteiger charge is -2.26. The molecule has 0 radical (unpaired) electrons. The highest BCUT2D eigenvalue weighted by Crippen LogP contribution is 2.34. The number of pyridine rings is 1. The number of nitrogens with one attached hydrogen (secondary N) is 2. The Labute approximate surface area is 216 Å². The van der Waals surface area contributed by atoms with Gasteiger partial charge in [-0.2, -0.15) is 13.2 Å². The quantitative estimate of drug-likeness (QED) is 0.291. The molecule has 1 aliphatic heterocycles. The van der Waals surface area contributed by atoms with Crippen molar-refractivity contribution in [3.63, 3.8) is 0 Å². The second-order valence-corrected chi connectivity index (χ2v) is 8.90. The van der Waals surface area contributed by atoms with Crippen LogP contribution in [0.1, 0.15) is 11.3 Å². The molecule has 0 spiro atoms. The van der Waals surface area contributed by atoms with E-state index >= 15 is 0 Å². The van der Waals surface area contributed by atoms with Gasteiger partial charge in [0.15, 0.2) is 0 Å². The molecule has 5 rings (SSSR count). The molecular weight excluding hydrogens is 500 g/mol. The summed E-state index contributed by atoms with van der Waals surface area (Å²) in [5.41, 5.74) is 1.55. The molecule has 1 fully saturated rings. The third kappa shape index (κ3) is 5.76. The number of urea groups is 1. The summed E-state index contributed by atoms with van der Waals surface area (Å²) in [5.74, 6) is -0.974. The van der Waals surface area contributed by atoms with E-state index in [-0.39, 0.29) is 0 Å². The van der Waals surface area contributed by atoms with Gasteiger partial charge in [-0.25, -0.2) is 9.18 Å². The fourth-order valence-electron chi connectivity index (χ4n) is 4.40. The summed E-state index contributed by atoms with van der Waals surface area (Å²) in [6, 6.07) is 15.9. The maximum absolute atomic E-state index is 14.1. The van der Waals surface area contributed by atoms with Gasteiger partial charge in [0.25, 0.3) is 0 Å². The van der Waals surface area contributed by atoms with Crippen molar-refractivity contribution in [2.45, 2.75) is 12.7 Å². The molecule has 1 saturated heterocycles. The molecule has 38 heavy (non-hydrogen) atoms. The van der Waals surface area contributed by atoms with Crippen molar-refractivity contribution in [2.75, 3.05) is 36.9 Å². The number of anilines is 2. The van der Waals surface area contributed by atoms with E-state index in [0.717, 1.165) is 55.1 Å². The SMILES string of the molecule is O=C(Nc1cc(C(F)(F)F)ccc1F)Nc1ccc(-c2ccc(CN3CCOCC3)nc2)c2ccccc12. The van der Waals surface area contributed by atoms with E-state index in [9.17, 15) is 22.4 Å². The van der Waals surface area contributed by atoms with Crippen molar-refractivity contribution in [2.24, 2.45) is 0 Å². The molecule has 4 aromatic rings. The minimum Gasteiger partial charge on any atom is -0.379 e. The van der Waals surface area contributed by atoms with E-state index < -0.39 is 29.3 Å². The van der Waals surface area contributed by atoms with Crippen molar-refractivity contribution in [3.05, 3.63) is 90.0 Å². The van der Waals surface area contributed by atoms with Gasteiger partial charge in [0.05, 0.1) is 35.8 Å². The molecule has 1 aromatic heterocycles. The number of fused-ring (bicyclic) bond motifs is 1. The van der Waals surface area contributed by atoms with Crippen molar-refractivity contribution in [3.8, 4) is 11.1 Å². The monoisotopic (exact) mass is 524 g/mol. The Morgan fingerprint density at radius 2 is 1.66 bits per heavy atom. The number of hydrogen-bond acceptors (Lipinski definition) is 4. The zero-order valence-electron chi connectivity index (χ0n) is 20.2. The van der Waals surface area contributed by atoms with Gasteiger partial charge >= 0.3 is 12.2 Å². The average molecular weight is 525 g/mol. The fraction of sp³-hybridized carbons (Fsp3) is 0.214. The van der Waals surface area contributed by atoms with E-state index in [4.69, 9.17) is 4.74 Å². The van der Waals surface area contributed by atoms with Crippen LogP contribution in [0.5, 0.6) is 0 Å². The Morgan fingerprint density at radius 1 is 0.921 bits per heavy atom. The smallest absolute Gasteiger partial charge is 0.379 e. The van der Waals surface area contributed by atoms with Crippen LogP contribution in [0.25, 0.3) is 21.9 Å². The third-order valence-corrected chi connectivity index (χ3v) is 6.34. The Balaban J connectivity index is 1.36. The highest BCUT2D eigenvalue weighted by atomic mass is 19.4. The van der Waals surface area contributed by atoms with E-state index in [1.54, 1.807) is 6.07 Å². The van der Waals surface area contributed by atoms with Crippen LogP contribution in [0.3, 0.4) is 0 Å². The number of rotatable bonds is 5. The molecule has 6 nitrogen and oxygen atoms in total. The molecule has 196 valence electrons. The Bertz CT molecular complexity index is 1450. The topological polar surface area (TPSA) is 66.5 Å². The first kappa shape index (κ1) is 25.6. The molecule has 2 heterocycles. The molecule has 0 saturated carbocycles. The molecule has 0 bridgehead atoms. The molecular formula is C28H24F4N4O2. The van der Waals surface area contributed by atoms with E-state index in [1.165, 1.54) is 0 Å². The summed E-state index contributed by atoms with van der Waals surface area (Å²) in [5, 5.41) is 6.35. The maximum atomic E-state index is 14.1. The van der Waals surface area contributed by atoms with Crippen molar-refractivity contribution >= 4 is 28.2 Å². The number of morpholine rings is 1. The largest absolute Gasteiger partial charge is 0.416 e. The van der Waals surface area contributed by atoms with E-state index in [0.29, 0.717) is 29.3 Å². The predicted octanol–water partition coefficient (Wildman–Crippen LogP) is 6.54. The number of benzene rings is 3. The summed E-state index contributed by atoms with van der Waals surface area (Å²) in [6.45, 7) is 3.93. The normalized spacial score (nSPS) is 14.4. The van der Waals surface area contributed by atoms with Gasteiger partial charge < -0.3 is 15.4 Å². The number of carbonyl (C=O) groups excluding carboxylic acids is 1. The molecule has 0 atom stereocenters. The van der Waals surface area contributed by atoms with Crippen LogP contribution in [0.4, 0.5) is 33.7 Å². The number of halogens is 4. The maximum Gasteiger partial charge on any atom is 0.416 e. The Kier molecular flexibility index (Phi) is 7.26. The van der Waals surface area contributed by atoms with Crippen LogP contribution in [-0.4, -0.2) is 42.2 Å². The van der Waals surface area contributed by atoms with Gasteiger partial charge in [0, 0.05) is 36.8 Å². The molecule has 3 aromatic carbocycles. The van der Waals surface area contributed by atoms with Crippen LogP contribution in [0.15, 0.2) is 72.9 Å². The zero-order valence-corrected chi connectivity index (χ0v) is 20.2. The lowest BCUT2D eigenvalue weighted by atomic mass is 9.98. The number of carbonyl (C=O) groups is 1. The third-order valence-electron chi connectivity index (χ3n) is 6.34. The minimum absolute atomic E-state index is 0.422. The Hall–Kier alpha value is -4.02. The number of nitrogens with zero attached hydrogens (tertiary/aromatic N) is 2. The highest BCUT2D eigenvalue weighted by molar-refractivity contribution is 6.09. The first-order valence-corrected chi connectivity index (χ1v) is 12.0. The molecule has 0 aliphatic carbocycles. The Morgan fingerprint density at radius 3 is 2.37 bits per heavy atom. The van der Waals surface area contributed by atoms with E-state index in [2.05, 4.69) is 20.5 Å². The summed E-state index contributed by atoms with van der Waals surface area (Å²) < 4.78 is 58.5. The summed E-state index contributed by atoms with van der Waals surface area (Å²) in [7, 11) is 0. The number of hydrogen-bond donors (Lipinski definition) is 2. The predicted molar refractivity (Wildman–Crippen MR) is 137 cm³/mol. The van der Waals surface area contributed by atoms with Gasteiger partial charge in [0.1, 0.15) is 5.82 Å². The number of ether oxygens (including phenoxy) is 1. The number of amides is 2. The molecule has 2 N–H and O–H groups in total. The van der Waals surface area contributed by atoms with E-state index in [1.807, 2.05) is 48.7 Å². The fourth-order valence-corrected chi connectivity index (χ4v) is 4.40. The second-order valence-electron chi connectivity index (χ2n) is 8.90. The lowest BCUT2D eigenvalue weighted by molar-refractivity contribution is -0.137. The lowest BCUT2D eigenvalue weighted by Crippen LogP contribution is -2.35. The van der Waals surface area contributed by atoms with Crippen LogP contribution in [0.2, 0.25) is 0 Å². The van der Waals surface area contributed by atoms with Gasteiger partial charge in [-0.15, -0.1) is 0 Å². The summed E-state index contributed by atoms with van der Waals surface area (Å²) in [6.07, 6.45) is -2.85. The van der Waals surface area contributed by atoms with Crippen molar-refractivity contribution in [1.82, 2.24) is 9.88 Å². The first-order valence-electron chi connectivity index (χ1n) is 12.0. The summed E-state index contributed by atoms with van der Waals surface area (Å²) in [4.78, 5) is 19.5. The first-order chi connectivity index (χ1) is 18.3. The van der Waals surface area contributed by atoms with Gasteiger partial charge in [-0.05, 0) is 41.3 Å². The number of alkyl halides is 3. The standard InChI is InChI=1S/C28H24F4N4O2/c29-24-9-6-19(28(30,31)32)15-26(24)35-27(37)34-25-10-8-21(22-3-1-2-4-23(22)25)18-5-7-20(33-16-18)17-36-11-13-38-14-12-36/h1-10,15-16H,11-14,17H2,(H2,34,35,37).